The van der Waals surface area contributed by atoms with E-state index in [2.05, 4.69) is 169 Å². The highest BCUT2D eigenvalue weighted by molar-refractivity contribution is 6.14. The molecule has 43 heavy (non-hydrogen) atoms. The molecule has 0 radical (unpaired) electrons. The van der Waals surface area contributed by atoms with Gasteiger partial charge in [-0.1, -0.05) is 115 Å². The number of nitrogens with zero attached hydrogens (tertiary/aromatic N) is 1. The van der Waals surface area contributed by atoms with Crippen molar-refractivity contribution in [1.29, 1.82) is 0 Å². The highest BCUT2D eigenvalue weighted by atomic mass is 15.1. The van der Waals surface area contributed by atoms with Crippen LogP contribution in [0.5, 0.6) is 0 Å². The first-order chi connectivity index (χ1) is 21.3. The minimum absolute atomic E-state index is 1.14. The first kappa shape index (κ1) is 24.0. The first-order valence-electron chi connectivity index (χ1n) is 14.9. The smallest absolute Gasteiger partial charge is 0.0540 e. The Morgan fingerprint density at radius 3 is 1.49 bits per heavy atom. The van der Waals surface area contributed by atoms with E-state index in [1.807, 2.05) is 0 Å². The molecule has 0 saturated heterocycles. The van der Waals surface area contributed by atoms with Gasteiger partial charge in [0.25, 0.3) is 0 Å². The molecule has 8 aromatic rings. The second kappa shape index (κ2) is 9.44. The van der Waals surface area contributed by atoms with Crippen LogP contribution in [0.25, 0.3) is 65.7 Å². The minimum atomic E-state index is 1.14. The van der Waals surface area contributed by atoms with E-state index >= 15 is 0 Å². The molecule has 200 valence electrons. The van der Waals surface area contributed by atoms with Crippen molar-refractivity contribution in [2.75, 3.05) is 4.90 Å². The minimum Gasteiger partial charge on any atom is -0.309 e. The molecule has 0 fully saturated rings. The topological polar surface area (TPSA) is 3.24 Å². The van der Waals surface area contributed by atoms with E-state index in [0.717, 1.165) is 5.69 Å². The maximum absolute atomic E-state index is 2.44. The van der Waals surface area contributed by atoms with Gasteiger partial charge in [-0.3, -0.25) is 0 Å². The third-order valence-electron chi connectivity index (χ3n) is 8.94. The van der Waals surface area contributed by atoms with Gasteiger partial charge in [0.1, 0.15) is 0 Å². The lowest BCUT2D eigenvalue weighted by Crippen LogP contribution is -2.11. The molecule has 0 unspecified atom stereocenters. The van der Waals surface area contributed by atoms with E-state index in [0.29, 0.717) is 0 Å². The van der Waals surface area contributed by atoms with Crippen LogP contribution in [0.15, 0.2) is 164 Å². The van der Waals surface area contributed by atoms with Crippen LogP contribution in [0, 0.1) is 0 Å². The summed E-state index contributed by atoms with van der Waals surface area (Å²) in [4.78, 5) is 2.44. The molecule has 8 aromatic carbocycles. The third-order valence-corrected chi connectivity index (χ3v) is 8.94. The predicted octanol–water partition coefficient (Wildman–Crippen LogP) is 11.9. The van der Waals surface area contributed by atoms with Crippen LogP contribution in [-0.4, -0.2) is 0 Å². The number of benzene rings is 8. The summed E-state index contributed by atoms with van der Waals surface area (Å²) in [5, 5.41) is 7.55. The standard InChI is InChI=1S/C42H27N/c1-2-10-28(11-3-1)29-20-22-34(23-21-29)43(41-18-8-15-30-12-6-7-17-35(30)41)42-19-9-16-33-26-39-37-24-31-13-4-5-14-32(31)25-38(37)40(39)27-36(33)42/h1-27H. The van der Waals surface area contributed by atoms with Crippen LogP contribution in [0.3, 0.4) is 0 Å². The van der Waals surface area contributed by atoms with Crippen molar-refractivity contribution in [2.45, 2.75) is 0 Å². The molecular weight excluding hydrogens is 518 g/mol. The van der Waals surface area contributed by atoms with E-state index in [-0.39, 0.29) is 0 Å². The molecular formula is C42H27N. The van der Waals surface area contributed by atoms with Crippen molar-refractivity contribution >= 4 is 49.4 Å². The number of fused-ring (bicyclic) bond motifs is 7. The predicted molar refractivity (Wildman–Crippen MR) is 184 cm³/mol. The van der Waals surface area contributed by atoms with Crippen LogP contribution >= 0.6 is 0 Å². The highest BCUT2D eigenvalue weighted by Gasteiger charge is 2.25. The Morgan fingerprint density at radius 1 is 0.302 bits per heavy atom. The molecule has 9 rings (SSSR count). The fraction of sp³-hybridized carbons (Fsp3) is 0. The molecule has 0 atom stereocenters. The van der Waals surface area contributed by atoms with Crippen molar-refractivity contribution in [3.8, 4) is 33.4 Å². The number of hydrogen-bond acceptors (Lipinski definition) is 1. The van der Waals surface area contributed by atoms with Gasteiger partial charge in [-0.25, -0.2) is 0 Å². The summed E-state index contributed by atoms with van der Waals surface area (Å²) >= 11 is 0. The lowest BCUT2D eigenvalue weighted by atomic mass is 9.78. The van der Waals surface area contributed by atoms with Gasteiger partial charge in [0.15, 0.2) is 0 Å². The summed E-state index contributed by atoms with van der Waals surface area (Å²) in [5.74, 6) is 0. The average molecular weight is 546 g/mol. The van der Waals surface area contributed by atoms with Gasteiger partial charge in [0.05, 0.1) is 11.4 Å². The molecule has 1 nitrogen and oxygen atoms in total. The lowest BCUT2D eigenvalue weighted by Gasteiger charge is -2.30. The van der Waals surface area contributed by atoms with Crippen LogP contribution in [0.2, 0.25) is 0 Å². The fourth-order valence-corrected chi connectivity index (χ4v) is 6.82. The highest BCUT2D eigenvalue weighted by Crippen LogP contribution is 2.52. The number of hydrogen-bond donors (Lipinski definition) is 0. The van der Waals surface area contributed by atoms with Crippen LogP contribution in [-0.2, 0) is 0 Å². The molecule has 0 aromatic heterocycles. The Kier molecular flexibility index (Phi) is 5.27. The number of anilines is 3. The summed E-state index contributed by atoms with van der Waals surface area (Å²) in [6, 6.07) is 59.7. The van der Waals surface area contributed by atoms with E-state index in [9.17, 15) is 0 Å². The van der Waals surface area contributed by atoms with Crippen molar-refractivity contribution in [3.05, 3.63) is 164 Å². The Labute approximate surface area is 250 Å². The molecule has 1 aliphatic rings. The Hall–Kier alpha value is -5.66. The quantitative estimate of drug-likeness (QED) is 0.213. The van der Waals surface area contributed by atoms with Gasteiger partial charge in [0.2, 0.25) is 0 Å². The first-order valence-corrected chi connectivity index (χ1v) is 14.9. The SMILES string of the molecule is c1ccc(-c2ccc(N(c3cccc4ccccc34)c3cccc4cc5c(cc34)-c3cc4ccccc4cc3-5)cc2)cc1. The zero-order chi connectivity index (χ0) is 28.3. The van der Waals surface area contributed by atoms with Crippen LogP contribution in [0.4, 0.5) is 17.1 Å². The average Bonchev–Trinajstić information content (AvgIpc) is 3.08. The second-order valence-corrected chi connectivity index (χ2v) is 11.4. The molecule has 0 spiro atoms. The molecule has 0 saturated carbocycles. The zero-order valence-corrected chi connectivity index (χ0v) is 23.5. The molecule has 0 heterocycles. The summed E-state index contributed by atoms with van der Waals surface area (Å²) in [7, 11) is 0. The van der Waals surface area contributed by atoms with Gasteiger partial charge in [-0.2, -0.15) is 0 Å². The molecule has 0 aliphatic heterocycles. The number of rotatable bonds is 4. The van der Waals surface area contributed by atoms with E-state index < -0.39 is 0 Å². The third kappa shape index (κ3) is 3.79. The van der Waals surface area contributed by atoms with Gasteiger partial charge in [0, 0.05) is 16.5 Å². The maximum atomic E-state index is 2.44. The maximum Gasteiger partial charge on any atom is 0.0540 e. The Bertz CT molecular complexity index is 2330. The van der Waals surface area contributed by atoms with Gasteiger partial charge in [-0.15, -0.1) is 0 Å². The Balaban J connectivity index is 1.26. The van der Waals surface area contributed by atoms with E-state index in [4.69, 9.17) is 0 Å². The Morgan fingerprint density at radius 2 is 0.791 bits per heavy atom. The van der Waals surface area contributed by atoms with E-state index in [1.165, 1.54) is 77.1 Å². The molecule has 1 aliphatic carbocycles. The van der Waals surface area contributed by atoms with Gasteiger partial charge < -0.3 is 4.90 Å². The summed E-state index contributed by atoms with van der Waals surface area (Å²) < 4.78 is 0. The second-order valence-electron chi connectivity index (χ2n) is 11.4. The lowest BCUT2D eigenvalue weighted by molar-refractivity contribution is 1.31. The summed E-state index contributed by atoms with van der Waals surface area (Å²) in [6.07, 6.45) is 0. The molecule has 0 amide bonds. The van der Waals surface area contributed by atoms with Crippen molar-refractivity contribution in [2.24, 2.45) is 0 Å². The molecule has 0 bridgehead atoms. The zero-order valence-electron chi connectivity index (χ0n) is 23.5. The van der Waals surface area contributed by atoms with Crippen molar-refractivity contribution in [3.63, 3.8) is 0 Å². The summed E-state index contributed by atoms with van der Waals surface area (Å²) in [5.41, 5.74) is 11.3. The van der Waals surface area contributed by atoms with Crippen LogP contribution in [0.1, 0.15) is 0 Å². The van der Waals surface area contributed by atoms with Crippen molar-refractivity contribution in [1.82, 2.24) is 0 Å². The fourth-order valence-electron chi connectivity index (χ4n) is 6.82. The van der Waals surface area contributed by atoms with Gasteiger partial charge in [-0.05, 0) is 103 Å². The molecule has 0 N–H and O–H groups in total. The largest absolute Gasteiger partial charge is 0.309 e. The van der Waals surface area contributed by atoms with Gasteiger partial charge >= 0.3 is 0 Å². The monoisotopic (exact) mass is 545 g/mol. The van der Waals surface area contributed by atoms with Crippen LogP contribution < -0.4 is 4.90 Å². The van der Waals surface area contributed by atoms with Crippen molar-refractivity contribution < 1.29 is 0 Å². The molecule has 1 heteroatoms. The summed E-state index contributed by atoms with van der Waals surface area (Å²) in [6.45, 7) is 0. The van der Waals surface area contributed by atoms with E-state index in [1.54, 1.807) is 0 Å². The normalized spacial score (nSPS) is 11.7.